The van der Waals surface area contributed by atoms with E-state index in [9.17, 15) is 4.79 Å². The number of carbonyl (C=O) groups is 1. The van der Waals surface area contributed by atoms with E-state index in [2.05, 4.69) is 5.32 Å². The first-order valence-electron chi connectivity index (χ1n) is 5.88. The lowest BCUT2D eigenvalue weighted by Gasteiger charge is -2.26. The Kier molecular flexibility index (Phi) is 4.32. The van der Waals surface area contributed by atoms with Crippen LogP contribution in [0.15, 0.2) is 0 Å². The molecule has 2 fully saturated rings. The standard InChI is InChI=1S/C11H19NO2S/c13-11(10-8-15-7-6-12-10)14-9-4-2-1-3-5-9/h9-10,12H,1-8H2. The lowest BCUT2D eigenvalue weighted by molar-refractivity contribution is -0.152. The number of rotatable bonds is 2. The smallest absolute Gasteiger partial charge is 0.324 e. The van der Waals surface area contributed by atoms with Gasteiger partial charge in [-0.2, -0.15) is 11.8 Å². The van der Waals surface area contributed by atoms with Gasteiger partial charge in [-0.25, -0.2) is 0 Å². The van der Waals surface area contributed by atoms with Gasteiger partial charge in [-0.3, -0.25) is 4.79 Å². The van der Waals surface area contributed by atoms with Crippen LogP contribution in [0.5, 0.6) is 0 Å². The van der Waals surface area contributed by atoms with E-state index in [1.165, 1.54) is 19.3 Å². The summed E-state index contributed by atoms with van der Waals surface area (Å²) in [5.41, 5.74) is 0. The minimum atomic E-state index is -0.0642. The second kappa shape index (κ2) is 5.75. The van der Waals surface area contributed by atoms with Crippen molar-refractivity contribution in [2.24, 2.45) is 0 Å². The largest absolute Gasteiger partial charge is 0.461 e. The molecule has 1 aliphatic carbocycles. The highest BCUT2D eigenvalue weighted by atomic mass is 32.2. The Bertz CT molecular complexity index is 211. The summed E-state index contributed by atoms with van der Waals surface area (Å²) in [6, 6.07) is -0.0642. The van der Waals surface area contributed by atoms with Crippen LogP contribution in [0.2, 0.25) is 0 Å². The number of nitrogens with one attached hydrogen (secondary N) is 1. The Morgan fingerprint density at radius 2 is 2.07 bits per heavy atom. The third-order valence-electron chi connectivity index (χ3n) is 3.04. The Labute approximate surface area is 95.3 Å². The van der Waals surface area contributed by atoms with Crippen LogP contribution in [0.4, 0.5) is 0 Å². The first kappa shape index (κ1) is 11.3. The topological polar surface area (TPSA) is 38.3 Å². The maximum atomic E-state index is 11.8. The van der Waals surface area contributed by atoms with Gasteiger partial charge in [0.2, 0.25) is 0 Å². The highest BCUT2D eigenvalue weighted by Crippen LogP contribution is 2.21. The highest BCUT2D eigenvalue weighted by molar-refractivity contribution is 7.99. The second-order valence-corrected chi connectivity index (χ2v) is 5.43. The van der Waals surface area contributed by atoms with Crippen molar-refractivity contribution in [2.75, 3.05) is 18.1 Å². The minimum absolute atomic E-state index is 0.0332. The summed E-state index contributed by atoms with van der Waals surface area (Å²) in [7, 11) is 0. The molecule has 1 saturated heterocycles. The lowest BCUT2D eigenvalue weighted by Crippen LogP contribution is -2.45. The fourth-order valence-electron chi connectivity index (χ4n) is 2.15. The van der Waals surface area contributed by atoms with Crippen LogP contribution < -0.4 is 5.32 Å². The van der Waals surface area contributed by atoms with E-state index in [-0.39, 0.29) is 18.1 Å². The van der Waals surface area contributed by atoms with Crippen molar-refractivity contribution in [3.63, 3.8) is 0 Å². The molecule has 15 heavy (non-hydrogen) atoms. The van der Waals surface area contributed by atoms with Crippen molar-refractivity contribution < 1.29 is 9.53 Å². The first-order chi connectivity index (χ1) is 7.36. The molecule has 1 N–H and O–H groups in total. The van der Waals surface area contributed by atoms with Gasteiger partial charge in [0.1, 0.15) is 12.1 Å². The lowest BCUT2D eigenvalue weighted by atomic mass is 9.98. The molecule has 3 nitrogen and oxygen atoms in total. The van der Waals surface area contributed by atoms with Crippen LogP contribution in [0, 0.1) is 0 Å². The third kappa shape index (κ3) is 3.38. The molecule has 4 heteroatoms. The van der Waals surface area contributed by atoms with Gasteiger partial charge >= 0.3 is 5.97 Å². The van der Waals surface area contributed by atoms with E-state index >= 15 is 0 Å². The summed E-state index contributed by atoms with van der Waals surface area (Å²) < 4.78 is 5.52. The van der Waals surface area contributed by atoms with Gasteiger partial charge in [-0.15, -0.1) is 0 Å². The molecule has 0 radical (unpaired) electrons. The van der Waals surface area contributed by atoms with Crippen molar-refractivity contribution >= 4 is 17.7 Å². The fourth-order valence-corrected chi connectivity index (χ4v) is 3.06. The highest BCUT2D eigenvalue weighted by Gasteiger charge is 2.25. The zero-order chi connectivity index (χ0) is 10.5. The number of esters is 1. The molecule has 1 heterocycles. The molecule has 0 bridgehead atoms. The monoisotopic (exact) mass is 229 g/mol. The number of hydrogen-bond acceptors (Lipinski definition) is 4. The summed E-state index contributed by atoms with van der Waals surface area (Å²) >= 11 is 1.83. The van der Waals surface area contributed by atoms with Crippen molar-refractivity contribution in [1.82, 2.24) is 5.32 Å². The molecule has 1 saturated carbocycles. The van der Waals surface area contributed by atoms with Gasteiger partial charge in [0.05, 0.1) is 0 Å². The molecule has 0 aromatic heterocycles. The van der Waals surface area contributed by atoms with Crippen molar-refractivity contribution in [2.45, 2.75) is 44.2 Å². The molecule has 2 rings (SSSR count). The third-order valence-corrected chi connectivity index (χ3v) is 4.10. The van der Waals surface area contributed by atoms with Crippen LogP contribution in [-0.2, 0) is 9.53 Å². The van der Waals surface area contributed by atoms with E-state index in [1.54, 1.807) is 0 Å². The van der Waals surface area contributed by atoms with Gasteiger partial charge in [0.25, 0.3) is 0 Å². The van der Waals surface area contributed by atoms with E-state index in [0.29, 0.717) is 0 Å². The van der Waals surface area contributed by atoms with Crippen LogP contribution in [0.25, 0.3) is 0 Å². The predicted molar refractivity (Wildman–Crippen MR) is 62.1 cm³/mol. The predicted octanol–water partition coefficient (Wildman–Crippen LogP) is 1.57. The van der Waals surface area contributed by atoms with Crippen LogP contribution >= 0.6 is 11.8 Å². The quantitative estimate of drug-likeness (QED) is 0.729. The van der Waals surface area contributed by atoms with Gasteiger partial charge in [-0.05, 0) is 25.7 Å². The fraction of sp³-hybridized carbons (Fsp3) is 0.909. The Hall–Kier alpha value is -0.220. The van der Waals surface area contributed by atoms with E-state index in [1.807, 2.05) is 11.8 Å². The number of thioether (sulfide) groups is 1. The molecule has 1 aliphatic heterocycles. The molecule has 1 unspecified atom stereocenters. The maximum absolute atomic E-state index is 11.8. The van der Waals surface area contributed by atoms with E-state index < -0.39 is 0 Å². The molecule has 86 valence electrons. The van der Waals surface area contributed by atoms with Crippen molar-refractivity contribution in [3.05, 3.63) is 0 Å². The van der Waals surface area contributed by atoms with Crippen molar-refractivity contribution in [3.8, 4) is 0 Å². The van der Waals surface area contributed by atoms with Gasteiger partial charge in [0, 0.05) is 18.1 Å². The average Bonchev–Trinajstić information content (AvgIpc) is 2.31. The normalized spacial score (nSPS) is 28.7. The summed E-state index contributed by atoms with van der Waals surface area (Å²) in [5.74, 6) is 1.94. The molecule has 2 aliphatic rings. The van der Waals surface area contributed by atoms with Crippen LogP contribution in [0.1, 0.15) is 32.1 Å². The SMILES string of the molecule is O=C(OC1CCCCC1)C1CSCCN1. The zero-order valence-electron chi connectivity index (χ0n) is 9.04. The Morgan fingerprint density at radius 1 is 1.27 bits per heavy atom. The average molecular weight is 229 g/mol. The van der Waals surface area contributed by atoms with Crippen molar-refractivity contribution in [1.29, 1.82) is 0 Å². The number of hydrogen-bond donors (Lipinski definition) is 1. The van der Waals surface area contributed by atoms with Gasteiger partial charge < -0.3 is 10.1 Å². The summed E-state index contributed by atoms with van der Waals surface area (Å²) in [4.78, 5) is 11.8. The summed E-state index contributed by atoms with van der Waals surface area (Å²) in [5, 5.41) is 3.21. The first-order valence-corrected chi connectivity index (χ1v) is 7.03. The van der Waals surface area contributed by atoms with Gasteiger partial charge in [0.15, 0.2) is 0 Å². The van der Waals surface area contributed by atoms with Crippen LogP contribution in [-0.4, -0.2) is 36.2 Å². The number of carbonyl (C=O) groups excluding carboxylic acids is 1. The molecular weight excluding hydrogens is 210 g/mol. The molecule has 1 atom stereocenters. The number of ether oxygens (including phenoxy) is 1. The maximum Gasteiger partial charge on any atom is 0.324 e. The minimum Gasteiger partial charge on any atom is -0.461 e. The molecule has 0 spiro atoms. The Morgan fingerprint density at radius 3 is 2.73 bits per heavy atom. The van der Waals surface area contributed by atoms with Gasteiger partial charge in [-0.1, -0.05) is 6.42 Å². The summed E-state index contributed by atoms with van der Waals surface area (Å²) in [6.45, 7) is 0.926. The van der Waals surface area contributed by atoms with E-state index in [4.69, 9.17) is 4.74 Å². The summed E-state index contributed by atoms with van der Waals surface area (Å²) in [6.07, 6.45) is 6.04. The second-order valence-electron chi connectivity index (χ2n) is 4.28. The molecule has 0 amide bonds. The van der Waals surface area contributed by atoms with Crippen LogP contribution in [0.3, 0.4) is 0 Å². The zero-order valence-corrected chi connectivity index (χ0v) is 9.85. The Balaban J connectivity index is 1.74. The molecule has 0 aromatic carbocycles. The van der Waals surface area contributed by atoms with E-state index in [0.717, 1.165) is 30.9 Å². The molecular formula is C11H19NO2S. The molecule has 0 aromatic rings.